The van der Waals surface area contributed by atoms with Crippen molar-refractivity contribution in [3.05, 3.63) is 34.3 Å². The third kappa shape index (κ3) is 4.70. The highest BCUT2D eigenvalue weighted by Gasteiger charge is 2.42. The smallest absolute Gasteiger partial charge is 0.341 e. The molecule has 1 aliphatic rings. The number of halogens is 4. The lowest BCUT2D eigenvalue weighted by Crippen LogP contribution is -2.43. The van der Waals surface area contributed by atoms with E-state index in [1.54, 1.807) is 0 Å². The van der Waals surface area contributed by atoms with E-state index in [0.29, 0.717) is 13.0 Å². The number of benzene rings is 1. The first kappa shape index (κ1) is 17.8. The Bertz CT molecular complexity index is 592. The minimum atomic E-state index is -4.87. The van der Waals surface area contributed by atoms with Crippen molar-refractivity contribution in [2.45, 2.75) is 19.0 Å². The molecule has 0 unspecified atom stereocenters. The molecule has 1 saturated heterocycles. The molecule has 1 aliphatic heterocycles. The number of nitrogens with zero attached hydrogens (tertiary/aromatic N) is 2. The first-order valence-electron chi connectivity index (χ1n) is 7.16. The van der Waals surface area contributed by atoms with E-state index in [9.17, 15) is 22.8 Å². The molecule has 4 nitrogen and oxygen atoms in total. The van der Waals surface area contributed by atoms with Crippen LogP contribution in [0.5, 0.6) is 0 Å². The van der Waals surface area contributed by atoms with Crippen molar-refractivity contribution in [1.29, 1.82) is 0 Å². The molecule has 2 rings (SSSR count). The van der Waals surface area contributed by atoms with E-state index in [1.165, 1.54) is 4.90 Å². The number of alkyl halides is 3. The number of amides is 2. The second-order valence-electron chi connectivity index (χ2n) is 5.29. The summed E-state index contributed by atoms with van der Waals surface area (Å²) < 4.78 is 38.2. The van der Waals surface area contributed by atoms with Gasteiger partial charge in [0.05, 0.1) is 6.42 Å². The lowest BCUT2D eigenvalue weighted by Gasteiger charge is -2.23. The Morgan fingerprint density at radius 1 is 1.04 bits per heavy atom. The van der Waals surface area contributed by atoms with Gasteiger partial charge in [-0.15, -0.1) is 0 Å². The molecular weight excluding hydrogens is 377 g/mol. The van der Waals surface area contributed by atoms with E-state index >= 15 is 0 Å². The molecule has 1 heterocycles. The van der Waals surface area contributed by atoms with Gasteiger partial charge in [0.2, 0.25) is 5.91 Å². The fraction of sp³-hybridized carbons (Fsp3) is 0.467. The summed E-state index contributed by atoms with van der Waals surface area (Å²) in [6, 6.07) is 7.30. The maximum Gasteiger partial charge on any atom is 0.471 e. The van der Waals surface area contributed by atoms with Gasteiger partial charge in [-0.05, 0) is 18.1 Å². The summed E-state index contributed by atoms with van der Waals surface area (Å²) >= 11 is 3.37. The zero-order valence-electron chi connectivity index (χ0n) is 12.3. The van der Waals surface area contributed by atoms with Gasteiger partial charge in [-0.1, -0.05) is 34.1 Å². The summed E-state index contributed by atoms with van der Waals surface area (Å²) in [7, 11) is 0. The van der Waals surface area contributed by atoms with Gasteiger partial charge in [0, 0.05) is 30.7 Å². The molecule has 0 aliphatic carbocycles. The van der Waals surface area contributed by atoms with Crippen LogP contribution in [0.4, 0.5) is 13.2 Å². The summed E-state index contributed by atoms with van der Waals surface area (Å²) in [6.45, 7) is 0.382. The van der Waals surface area contributed by atoms with Gasteiger partial charge in [0.1, 0.15) is 0 Å². The molecule has 0 aromatic heterocycles. The Kier molecular flexibility index (Phi) is 5.67. The molecule has 1 fully saturated rings. The molecule has 1 aromatic rings. The first-order valence-corrected chi connectivity index (χ1v) is 7.95. The van der Waals surface area contributed by atoms with Gasteiger partial charge in [0.25, 0.3) is 0 Å². The summed E-state index contributed by atoms with van der Waals surface area (Å²) in [4.78, 5) is 25.9. The molecule has 0 radical (unpaired) electrons. The monoisotopic (exact) mass is 392 g/mol. The van der Waals surface area contributed by atoms with Crippen molar-refractivity contribution >= 4 is 27.7 Å². The van der Waals surface area contributed by atoms with Crippen LogP contribution in [-0.2, 0) is 16.0 Å². The van der Waals surface area contributed by atoms with Crippen LogP contribution in [0.15, 0.2) is 28.7 Å². The van der Waals surface area contributed by atoms with Gasteiger partial charge in [-0.2, -0.15) is 13.2 Å². The molecule has 0 saturated carbocycles. The lowest BCUT2D eigenvalue weighted by molar-refractivity contribution is -0.185. The SMILES string of the molecule is O=C(Cc1ccccc1Br)N1CCCN(C(=O)C(F)(F)F)CC1. The second kappa shape index (κ2) is 7.33. The van der Waals surface area contributed by atoms with Crippen LogP contribution in [-0.4, -0.2) is 54.0 Å². The van der Waals surface area contributed by atoms with Crippen molar-refractivity contribution < 1.29 is 22.8 Å². The van der Waals surface area contributed by atoms with E-state index in [4.69, 9.17) is 0 Å². The minimum Gasteiger partial charge on any atom is -0.341 e. The standard InChI is InChI=1S/C15H16BrF3N2O2/c16-12-5-2-1-4-11(12)10-13(22)20-6-3-7-21(9-8-20)14(23)15(17,18)19/h1-2,4-5H,3,6-10H2. The third-order valence-corrected chi connectivity index (χ3v) is 4.45. The van der Waals surface area contributed by atoms with Crippen LogP contribution in [0.25, 0.3) is 0 Å². The normalized spacial score (nSPS) is 16.2. The Labute approximate surface area is 140 Å². The molecule has 126 valence electrons. The maximum atomic E-state index is 12.5. The minimum absolute atomic E-state index is 0.0111. The lowest BCUT2D eigenvalue weighted by atomic mass is 10.1. The molecule has 0 bridgehead atoms. The number of hydrogen-bond donors (Lipinski definition) is 0. The van der Waals surface area contributed by atoms with E-state index in [2.05, 4.69) is 15.9 Å². The average molecular weight is 393 g/mol. The van der Waals surface area contributed by atoms with Crippen LogP contribution in [0.3, 0.4) is 0 Å². The highest BCUT2D eigenvalue weighted by Crippen LogP contribution is 2.20. The fourth-order valence-electron chi connectivity index (χ4n) is 2.47. The zero-order chi connectivity index (χ0) is 17.0. The molecule has 1 aromatic carbocycles. The van der Waals surface area contributed by atoms with Gasteiger partial charge in [-0.25, -0.2) is 0 Å². The van der Waals surface area contributed by atoms with E-state index < -0.39 is 12.1 Å². The van der Waals surface area contributed by atoms with Crippen LogP contribution in [0.1, 0.15) is 12.0 Å². The Morgan fingerprint density at radius 3 is 2.30 bits per heavy atom. The number of rotatable bonds is 2. The summed E-state index contributed by atoms with van der Waals surface area (Å²) in [6.07, 6.45) is -4.35. The van der Waals surface area contributed by atoms with E-state index in [0.717, 1.165) is 14.9 Å². The molecule has 23 heavy (non-hydrogen) atoms. The van der Waals surface area contributed by atoms with Gasteiger partial charge in [0.15, 0.2) is 0 Å². The van der Waals surface area contributed by atoms with Gasteiger partial charge >= 0.3 is 12.1 Å². The highest BCUT2D eigenvalue weighted by molar-refractivity contribution is 9.10. The van der Waals surface area contributed by atoms with Crippen molar-refractivity contribution in [3.63, 3.8) is 0 Å². The van der Waals surface area contributed by atoms with E-state index in [1.807, 2.05) is 24.3 Å². The molecular formula is C15H16BrF3N2O2. The first-order chi connectivity index (χ1) is 10.8. The van der Waals surface area contributed by atoms with E-state index in [-0.39, 0.29) is 32.0 Å². The summed E-state index contributed by atoms with van der Waals surface area (Å²) in [5.74, 6) is -1.99. The molecule has 8 heteroatoms. The molecule has 0 spiro atoms. The largest absolute Gasteiger partial charge is 0.471 e. The number of carbonyl (C=O) groups excluding carboxylic acids is 2. The Balaban J connectivity index is 1.96. The second-order valence-corrected chi connectivity index (χ2v) is 6.15. The van der Waals surface area contributed by atoms with Gasteiger partial charge in [-0.3, -0.25) is 9.59 Å². The molecule has 0 N–H and O–H groups in total. The summed E-state index contributed by atoms with van der Waals surface area (Å²) in [5.41, 5.74) is 0.824. The maximum absolute atomic E-state index is 12.5. The quantitative estimate of drug-likeness (QED) is 0.775. The van der Waals surface area contributed by atoms with Crippen LogP contribution >= 0.6 is 15.9 Å². The van der Waals surface area contributed by atoms with Gasteiger partial charge < -0.3 is 9.80 Å². The highest BCUT2D eigenvalue weighted by atomic mass is 79.9. The number of hydrogen-bond acceptors (Lipinski definition) is 2. The topological polar surface area (TPSA) is 40.6 Å². The Hall–Kier alpha value is -1.57. The van der Waals surface area contributed by atoms with Crippen molar-refractivity contribution in [3.8, 4) is 0 Å². The summed E-state index contributed by atoms with van der Waals surface area (Å²) in [5, 5.41) is 0. The number of carbonyl (C=O) groups is 2. The molecule has 0 atom stereocenters. The predicted octanol–water partition coefficient (Wildman–Crippen LogP) is 2.61. The van der Waals surface area contributed by atoms with Crippen molar-refractivity contribution in [1.82, 2.24) is 9.80 Å². The molecule has 2 amide bonds. The third-order valence-electron chi connectivity index (χ3n) is 3.68. The Morgan fingerprint density at radius 2 is 1.65 bits per heavy atom. The van der Waals surface area contributed by atoms with Crippen LogP contribution < -0.4 is 0 Å². The van der Waals surface area contributed by atoms with Crippen molar-refractivity contribution in [2.24, 2.45) is 0 Å². The fourth-order valence-corrected chi connectivity index (χ4v) is 2.89. The van der Waals surface area contributed by atoms with Crippen LogP contribution in [0, 0.1) is 0 Å². The van der Waals surface area contributed by atoms with Crippen LogP contribution in [0.2, 0.25) is 0 Å². The zero-order valence-corrected chi connectivity index (χ0v) is 13.9. The van der Waals surface area contributed by atoms with Crippen molar-refractivity contribution in [2.75, 3.05) is 26.2 Å². The average Bonchev–Trinajstić information content (AvgIpc) is 2.73. The predicted molar refractivity (Wildman–Crippen MR) is 81.7 cm³/mol.